The van der Waals surface area contributed by atoms with Gasteiger partial charge in [0, 0.05) is 32.6 Å². The van der Waals surface area contributed by atoms with Crippen molar-refractivity contribution in [3.8, 4) is 0 Å². The van der Waals surface area contributed by atoms with Crippen molar-refractivity contribution in [2.45, 2.75) is 47.1 Å². The molecule has 2 N–H and O–H groups in total. The number of aliphatic imine (C=N–C) groups is 1. The monoisotopic (exact) mass is 484 g/mol. The van der Waals surface area contributed by atoms with E-state index in [1.165, 1.54) is 5.56 Å². The molecule has 150 valence electrons. The molecular weight excluding hydrogens is 451 g/mol. The fourth-order valence-corrected chi connectivity index (χ4v) is 2.87. The van der Waals surface area contributed by atoms with Crippen molar-refractivity contribution in [1.82, 2.24) is 25.4 Å². The Balaban J connectivity index is 0.00000364. The zero-order chi connectivity index (χ0) is 18.8. The molecular formula is C20H33IN6. The summed E-state index contributed by atoms with van der Waals surface area (Å²) in [7, 11) is 0. The summed E-state index contributed by atoms with van der Waals surface area (Å²) in [6, 6.07) is 10.6. The Morgan fingerprint density at radius 3 is 2.56 bits per heavy atom. The summed E-state index contributed by atoms with van der Waals surface area (Å²) in [5.74, 6) is 1.87. The first-order chi connectivity index (χ1) is 12.5. The van der Waals surface area contributed by atoms with Gasteiger partial charge in [-0.25, -0.2) is 0 Å². The van der Waals surface area contributed by atoms with Gasteiger partial charge in [0.05, 0.1) is 0 Å². The summed E-state index contributed by atoms with van der Waals surface area (Å²) in [6.07, 6.45) is 3.69. The van der Waals surface area contributed by atoms with Gasteiger partial charge in [-0.15, -0.1) is 34.2 Å². The topological polar surface area (TPSA) is 67.1 Å². The van der Waals surface area contributed by atoms with E-state index in [2.05, 4.69) is 83.4 Å². The molecule has 0 spiro atoms. The number of halogens is 1. The molecule has 0 amide bonds. The molecule has 0 saturated carbocycles. The first-order valence-electron chi connectivity index (χ1n) is 9.47. The molecule has 7 heteroatoms. The first-order valence-corrected chi connectivity index (χ1v) is 9.47. The summed E-state index contributed by atoms with van der Waals surface area (Å²) in [5.41, 5.74) is 1.46. The van der Waals surface area contributed by atoms with Crippen LogP contribution in [-0.4, -0.2) is 40.4 Å². The van der Waals surface area contributed by atoms with Crippen LogP contribution in [0.25, 0.3) is 0 Å². The molecule has 0 fully saturated rings. The average molecular weight is 484 g/mol. The van der Waals surface area contributed by atoms with Crippen LogP contribution in [0.1, 0.15) is 39.1 Å². The molecule has 0 radical (unpaired) electrons. The van der Waals surface area contributed by atoms with E-state index in [9.17, 15) is 0 Å². The largest absolute Gasteiger partial charge is 0.357 e. The van der Waals surface area contributed by atoms with Crippen molar-refractivity contribution in [3.63, 3.8) is 0 Å². The number of nitrogens with one attached hydrogen (secondary N) is 2. The number of aryl methyl sites for hydroxylation is 1. The molecule has 27 heavy (non-hydrogen) atoms. The van der Waals surface area contributed by atoms with Crippen LogP contribution in [0.3, 0.4) is 0 Å². The highest BCUT2D eigenvalue weighted by Crippen LogP contribution is 2.22. The molecule has 0 aliphatic heterocycles. The van der Waals surface area contributed by atoms with Gasteiger partial charge in [0.25, 0.3) is 0 Å². The quantitative estimate of drug-likeness (QED) is 0.326. The molecule has 0 aliphatic carbocycles. The summed E-state index contributed by atoms with van der Waals surface area (Å²) in [6.45, 7) is 11.9. The van der Waals surface area contributed by atoms with Crippen LogP contribution in [0.4, 0.5) is 0 Å². The predicted molar refractivity (Wildman–Crippen MR) is 123 cm³/mol. The van der Waals surface area contributed by atoms with Crippen LogP contribution in [0.2, 0.25) is 0 Å². The molecule has 6 nitrogen and oxygen atoms in total. The molecule has 1 aromatic heterocycles. The zero-order valence-electron chi connectivity index (χ0n) is 16.9. The SMILES string of the molecule is CCNC(=NCC(C)(C)Cc1ccccc1)NCCn1cnnc1CC.I. The average Bonchev–Trinajstić information content (AvgIpc) is 3.08. The van der Waals surface area contributed by atoms with Crippen LogP contribution >= 0.6 is 24.0 Å². The van der Waals surface area contributed by atoms with Crippen molar-refractivity contribution >= 4 is 29.9 Å². The van der Waals surface area contributed by atoms with E-state index in [-0.39, 0.29) is 29.4 Å². The van der Waals surface area contributed by atoms with Crippen LogP contribution in [-0.2, 0) is 19.4 Å². The molecule has 0 unspecified atom stereocenters. The second-order valence-corrected chi connectivity index (χ2v) is 7.24. The Bertz CT molecular complexity index is 681. The minimum absolute atomic E-state index is 0. The van der Waals surface area contributed by atoms with Gasteiger partial charge in [-0.3, -0.25) is 4.99 Å². The number of aromatic nitrogens is 3. The third-order valence-electron chi connectivity index (χ3n) is 4.19. The lowest BCUT2D eigenvalue weighted by atomic mass is 9.86. The van der Waals surface area contributed by atoms with E-state index in [4.69, 9.17) is 4.99 Å². The maximum Gasteiger partial charge on any atom is 0.191 e. The Morgan fingerprint density at radius 1 is 1.15 bits per heavy atom. The second kappa shape index (κ2) is 11.9. The maximum absolute atomic E-state index is 4.80. The molecule has 0 aliphatic rings. The lowest BCUT2D eigenvalue weighted by Gasteiger charge is -2.23. The number of nitrogens with zero attached hydrogens (tertiary/aromatic N) is 4. The molecule has 0 atom stereocenters. The Hall–Kier alpha value is -1.64. The van der Waals surface area contributed by atoms with Gasteiger partial charge in [0.15, 0.2) is 5.96 Å². The third kappa shape index (κ3) is 8.28. The van der Waals surface area contributed by atoms with Gasteiger partial charge >= 0.3 is 0 Å². The van der Waals surface area contributed by atoms with Gasteiger partial charge in [-0.05, 0) is 24.3 Å². The van der Waals surface area contributed by atoms with Crippen LogP contribution in [0, 0.1) is 5.41 Å². The van der Waals surface area contributed by atoms with E-state index in [0.717, 1.165) is 50.8 Å². The predicted octanol–water partition coefficient (Wildman–Crippen LogP) is 3.28. The Labute approximate surface area is 180 Å². The van der Waals surface area contributed by atoms with Crippen molar-refractivity contribution in [1.29, 1.82) is 0 Å². The van der Waals surface area contributed by atoms with Crippen molar-refractivity contribution < 1.29 is 0 Å². The molecule has 2 aromatic rings. The van der Waals surface area contributed by atoms with E-state index in [0.29, 0.717) is 0 Å². The fraction of sp³-hybridized carbons (Fsp3) is 0.550. The van der Waals surface area contributed by atoms with Crippen LogP contribution in [0.15, 0.2) is 41.7 Å². The van der Waals surface area contributed by atoms with Crippen molar-refractivity contribution in [2.75, 3.05) is 19.6 Å². The van der Waals surface area contributed by atoms with E-state index in [1.807, 2.05) is 0 Å². The highest BCUT2D eigenvalue weighted by atomic mass is 127. The van der Waals surface area contributed by atoms with Gasteiger partial charge < -0.3 is 15.2 Å². The second-order valence-electron chi connectivity index (χ2n) is 7.24. The number of hydrogen-bond acceptors (Lipinski definition) is 3. The lowest BCUT2D eigenvalue weighted by molar-refractivity contribution is 0.377. The summed E-state index contributed by atoms with van der Waals surface area (Å²) in [5, 5.41) is 14.8. The number of rotatable bonds is 9. The summed E-state index contributed by atoms with van der Waals surface area (Å²) in [4.78, 5) is 4.80. The minimum atomic E-state index is 0. The van der Waals surface area contributed by atoms with Gasteiger partial charge in [-0.1, -0.05) is 51.1 Å². The van der Waals surface area contributed by atoms with Gasteiger partial charge in [-0.2, -0.15) is 0 Å². The van der Waals surface area contributed by atoms with Crippen LogP contribution in [0.5, 0.6) is 0 Å². The Kier molecular flexibility index (Phi) is 10.4. The minimum Gasteiger partial charge on any atom is -0.357 e. The van der Waals surface area contributed by atoms with E-state index < -0.39 is 0 Å². The number of hydrogen-bond donors (Lipinski definition) is 2. The summed E-state index contributed by atoms with van der Waals surface area (Å²) < 4.78 is 2.08. The van der Waals surface area contributed by atoms with Gasteiger partial charge in [0.1, 0.15) is 12.2 Å². The molecule has 1 aromatic carbocycles. The highest BCUT2D eigenvalue weighted by Gasteiger charge is 2.18. The standard InChI is InChI=1S/C20H32N6.HI/c1-5-18-25-24-16-26(18)13-12-22-19(21-6-2)23-15-20(3,4)14-17-10-8-7-9-11-17;/h7-11,16H,5-6,12-15H2,1-4H3,(H2,21,22,23);1H. The van der Waals surface area contributed by atoms with Crippen LogP contribution < -0.4 is 10.6 Å². The normalized spacial score (nSPS) is 11.8. The van der Waals surface area contributed by atoms with E-state index in [1.54, 1.807) is 6.33 Å². The zero-order valence-corrected chi connectivity index (χ0v) is 19.2. The van der Waals surface area contributed by atoms with Crippen molar-refractivity contribution in [3.05, 3.63) is 48.0 Å². The summed E-state index contributed by atoms with van der Waals surface area (Å²) >= 11 is 0. The molecule has 2 rings (SSSR count). The van der Waals surface area contributed by atoms with Gasteiger partial charge in [0.2, 0.25) is 0 Å². The molecule has 1 heterocycles. The first kappa shape index (κ1) is 23.4. The van der Waals surface area contributed by atoms with E-state index >= 15 is 0 Å². The highest BCUT2D eigenvalue weighted by molar-refractivity contribution is 14.0. The fourth-order valence-electron chi connectivity index (χ4n) is 2.87. The molecule has 0 saturated heterocycles. The lowest BCUT2D eigenvalue weighted by Crippen LogP contribution is -2.39. The van der Waals surface area contributed by atoms with Crippen molar-refractivity contribution in [2.24, 2.45) is 10.4 Å². The number of guanidine groups is 1. The smallest absolute Gasteiger partial charge is 0.191 e. The maximum atomic E-state index is 4.80. The Morgan fingerprint density at radius 2 is 1.89 bits per heavy atom. The molecule has 0 bridgehead atoms. The number of benzene rings is 1. The third-order valence-corrected chi connectivity index (χ3v) is 4.19.